The summed E-state index contributed by atoms with van der Waals surface area (Å²) in [6.45, 7) is 3.40. The largest absolute Gasteiger partial charge is 0.369 e. The Labute approximate surface area is 126 Å². The van der Waals surface area contributed by atoms with Gasteiger partial charge in [-0.3, -0.25) is 4.79 Å². The van der Waals surface area contributed by atoms with Gasteiger partial charge in [0.25, 0.3) is 0 Å². The molecule has 1 saturated heterocycles. The number of hydrogen-bond donors (Lipinski definition) is 2. The third-order valence-electron chi connectivity index (χ3n) is 4.84. The average Bonchev–Trinajstić information content (AvgIpc) is 2.67. The van der Waals surface area contributed by atoms with E-state index in [0.29, 0.717) is 6.04 Å². The van der Waals surface area contributed by atoms with Crippen LogP contribution in [0.15, 0.2) is 18.2 Å². The standard InChI is InChI=1S/C17H25N3O/c1-3-12-7-5-4-6-10-20(12)13-8-9-14-15(11-13)19-17(21)16(14)18-2/h8-9,11-12,16,18H,3-7,10H2,1-2H3,(H,19,21). The summed E-state index contributed by atoms with van der Waals surface area (Å²) in [7, 11) is 1.83. The molecule has 114 valence electrons. The van der Waals surface area contributed by atoms with Gasteiger partial charge in [0.2, 0.25) is 5.91 Å². The van der Waals surface area contributed by atoms with Crippen molar-refractivity contribution >= 4 is 17.3 Å². The highest BCUT2D eigenvalue weighted by Crippen LogP contribution is 2.35. The van der Waals surface area contributed by atoms with Crippen molar-refractivity contribution in [2.75, 3.05) is 23.8 Å². The number of carbonyl (C=O) groups is 1. The molecule has 2 N–H and O–H groups in total. The number of hydrogen-bond acceptors (Lipinski definition) is 3. The lowest BCUT2D eigenvalue weighted by Crippen LogP contribution is -2.34. The molecule has 2 aliphatic rings. The van der Waals surface area contributed by atoms with E-state index in [1.807, 2.05) is 7.05 Å². The van der Waals surface area contributed by atoms with E-state index >= 15 is 0 Å². The van der Waals surface area contributed by atoms with Gasteiger partial charge in [-0.25, -0.2) is 0 Å². The van der Waals surface area contributed by atoms with Crippen molar-refractivity contribution in [2.24, 2.45) is 0 Å². The molecule has 1 aromatic rings. The van der Waals surface area contributed by atoms with Crippen LogP contribution in [0, 0.1) is 0 Å². The lowest BCUT2D eigenvalue weighted by atomic mass is 10.0. The van der Waals surface area contributed by atoms with Crippen LogP contribution in [0.2, 0.25) is 0 Å². The van der Waals surface area contributed by atoms with E-state index in [1.165, 1.54) is 37.8 Å². The van der Waals surface area contributed by atoms with Gasteiger partial charge in [0, 0.05) is 29.5 Å². The van der Waals surface area contributed by atoms with Gasteiger partial charge in [-0.2, -0.15) is 0 Å². The number of likely N-dealkylation sites (N-methyl/N-ethyl adjacent to an activating group) is 1. The fourth-order valence-corrected chi connectivity index (χ4v) is 3.66. The molecule has 0 aromatic heterocycles. The van der Waals surface area contributed by atoms with Crippen molar-refractivity contribution in [1.82, 2.24) is 5.32 Å². The van der Waals surface area contributed by atoms with E-state index in [9.17, 15) is 4.79 Å². The van der Waals surface area contributed by atoms with E-state index in [1.54, 1.807) is 0 Å². The second-order valence-electron chi connectivity index (χ2n) is 6.09. The van der Waals surface area contributed by atoms with E-state index < -0.39 is 0 Å². The number of fused-ring (bicyclic) bond motifs is 1. The molecule has 0 saturated carbocycles. The van der Waals surface area contributed by atoms with Crippen LogP contribution in [0.4, 0.5) is 11.4 Å². The molecule has 1 fully saturated rings. The van der Waals surface area contributed by atoms with Crippen molar-refractivity contribution in [3.8, 4) is 0 Å². The third-order valence-corrected chi connectivity index (χ3v) is 4.84. The summed E-state index contributed by atoms with van der Waals surface area (Å²) in [6, 6.07) is 6.85. The predicted molar refractivity (Wildman–Crippen MR) is 86.8 cm³/mol. The SMILES string of the molecule is CCC1CCCCCN1c1ccc2c(c1)NC(=O)C2NC. The van der Waals surface area contributed by atoms with Gasteiger partial charge in [0.1, 0.15) is 6.04 Å². The molecule has 21 heavy (non-hydrogen) atoms. The van der Waals surface area contributed by atoms with Crippen LogP contribution in [-0.4, -0.2) is 25.5 Å². The second-order valence-corrected chi connectivity index (χ2v) is 6.09. The first-order valence-corrected chi connectivity index (χ1v) is 8.13. The van der Waals surface area contributed by atoms with Crippen LogP contribution in [0.5, 0.6) is 0 Å². The molecule has 0 spiro atoms. The molecular formula is C17H25N3O. The fourth-order valence-electron chi connectivity index (χ4n) is 3.66. The van der Waals surface area contributed by atoms with Gasteiger partial charge in [-0.05, 0) is 38.4 Å². The van der Waals surface area contributed by atoms with Crippen LogP contribution in [0.25, 0.3) is 0 Å². The van der Waals surface area contributed by atoms with Gasteiger partial charge in [-0.15, -0.1) is 0 Å². The summed E-state index contributed by atoms with van der Waals surface area (Å²) in [4.78, 5) is 14.5. The minimum absolute atomic E-state index is 0.0487. The first kappa shape index (κ1) is 14.4. The van der Waals surface area contributed by atoms with Gasteiger partial charge < -0.3 is 15.5 Å². The van der Waals surface area contributed by atoms with E-state index in [4.69, 9.17) is 0 Å². The summed E-state index contributed by atoms with van der Waals surface area (Å²) in [5, 5.41) is 6.07. The molecule has 1 amide bonds. The summed E-state index contributed by atoms with van der Waals surface area (Å²) < 4.78 is 0. The quantitative estimate of drug-likeness (QED) is 0.898. The fraction of sp³-hybridized carbons (Fsp3) is 0.588. The van der Waals surface area contributed by atoms with Crippen molar-refractivity contribution in [3.05, 3.63) is 23.8 Å². The van der Waals surface area contributed by atoms with Gasteiger partial charge in [0.05, 0.1) is 0 Å². The number of rotatable bonds is 3. The molecule has 4 heteroatoms. The Hall–Kier alpha value is -1.55. The van der Waals surface area contributed by atoms with Crippen LogP contribution in [0.1, 0.15) is 50.6 Å². The molecule has 4 nitrogen and oxygen atoms in total. The maximum Gasteiger partial charge on any atom is 0.246 e. The van der Waals surface area contributed by atoms with Gasteiger partial charge >= 0.3 is 0 Å². The highest BCUT2D eigenvalue weighted by atomic mass is 16.2. The molecule has 1 aromatic carbocycles. The Kier molecular flexibility index (Phi) is 4.15. The summed E-state index contributed by atoms with van der Waals surface area (Å²) in [6.07, 6.45) is 6.38. The number of amides is 1. The topological polar surface area (TPSA) is 44.4 Å². The van der Waals surface area contributed by atoms with Crippen molar-refractivity contribution in [1.29, 1.82) is 0 Å². The Bertz CT molecular complexity index is 529. The molecule has 2 aliphatic heterocycles. The van der Waals surface area contributed by atoms with Crippen LogP contribution >= 0.6 is 0 Å². The van der Waals surface area contributed by atoms with E-state index in [-0.39, 0.29) is 11.9 Å². The van der Waals surface area contributed by atoms with Crippen LogP contribution in [0.3, 0.4) is 0 Å². The molecular weight excluding hydrogens is 262 g/mol. The Morgan fingerprint density at radius 1 is 1.33 bits per heavy atom. The van der Waals surface area contributed by atoms with Crippen LogP contribution < -0.4 is 15.5 Å². The summed E-state index contributed by atoms with van der Waals surface area (Å²) >= 11 is 0. The first-order chi connectivity index (χ1) is 10.2. The van der Waals surface area contributed by atoms with Crippen molar-refractivity contribution < 1.29 is 4.79 Å². The predicted octanol–water partition coefficient (Wildman–Crippen LogP) is 3.06. The second kappa shape index (κ2) is 6.06. The summed E-state index contributed by atoms with van der Waals surface area (Å²) in [5.41, 5.74) is 3.28. The highest BCUT2D eigenvalue weighted by Gasteiger charge is 2.30. The number of nitrogens with one attached hydrogen (secondary N) is 2. The molecule has 0 radical (unpaired) electrons. The smallest absolute Gasteiger partial charge is 0.246 e. The van der Waals surface area contributed by atoms with E-state index in [0.717, 1.165) is 17.8 Å². The van der Waals surface area contributed by atoms with Crippen molar-refractivity contribution in [3.63, 3.8) is 0 Å². The van der Waals surface area contributed by atoms with Crippen LogP contribution in [-0.2, 0) is 4.79 Å². The number of carbonyl (C=O) groups excluding carboxylic acids is 1. The number of nitrogens with zero attached hydrogens (tertiary/aromatic N) is 1. The molecule has 3 rings (SSSR count). The number of anilines is 2. The highest BCUT2D eigenvalue weighted by molar-refractivity contribution is 6.03. The summed E-state index contributed by atoms with van der Waals surface area (Å²) in [5.74, 6) is 0.0487. The zero-order valence-electron chi connectivity index (χ0n) is 13.0. The number of benzene rings is 1. The molecule has 0 aliphatic carbocycles. The maximum absolute atomic E-state index is 11.9. The lowest BCUT2D eigenvalue weighted by molar-refractivity contribution is -0.117. The Morgan fingerprint density at radius 3 is 2.95 bits per heavy atom. The Balaban J connectivity index is 1.90. The lowest BCUT2D eigenvalue weighted by Gasteiger charge is -2.32. The molecule has 2 heterocycles. The van der Waals surface area contributed by atoms with E-state index in [2.05, 4.69) is 40.7 Å². The average molecular weight is 287 g/mol. The zero-order valence-corrected chi connectivity index (χ0v) is 13.0. The van der Waals surface area contributed by atoms with Crippen molar-refractivity contribution in [2.45, 2.75) is 51.1 Å². The minimum Gasteiger partial charge on any atom is -0.369 e. The first-order valence-electron chi connectivity index (χ1n) is 8.13. The zero-order chi connectivity index (χ0) is 14.8. The Morgan fingerprint density at radius 2 is 2.19 bits per heavy atom. The molecule has 2 atom stereocenters. The molecule has 0 bridgehead atoms. The molecule has 2 unspecified atom stereocenters. The maximum atomic E-state index is 11.9. The van der Waals surface area contributed by atoms with Gasteiger partial charge in [0.15, 0.2) is 0 Å². The minimum atomic E-state index is -0.208. The normalized spacial score (nSPS) is 25.4. The monoisotopic (exact) mass is 287 g/mol. The third kappa shape index (κ3) is 2.64. The van der Waals surface area contributed by atoms with Gasteiger partial charge in [-0.1, -0.05) is 25.8 Å².